The number of nitrogens with zero attached hydrogens (tertiary/aromatic N) is 1. The maximum Gasteiger partial charge on any atom is 0.0982 e. The highest BCUT2D eigenvalue weighted by atomic mass is 32.1. The largest absolute Gasteiger partial charge is 0.380 e. The zero-order chi connectivity index (χ0) is 12.0. The van der Waals surface area contributed by atoms with Gasteiger partial charge in [-0.1, -0.05) is 20.8 Å². The van der Waals surface area contributed by atoms with Crippen LogP contribution in [0, 0.1) is 0 Å². The monoisotopic (exact) mass is 242 g/mol. The number of thiazole rings is 1. The molecule has 0 amide bonds. The summed E-state index contributed by atoms with van der Waals surface area (Å²) in [5.41, 5.74) is 1.29. The predicted octanol–water partition coefficient (Wildman–Crippen LogP) is 2.57. The SMILES string of the molecule is CCOCCNCc1csc(C(C)(C)C)n1. The molecule has 1 heterocycles. The Morgan fingerprint density at radius 1 is 1.44 bits per heavy atom. The van der Waals surface area contributed by atoms with Crippen LogP contribution in [0.15, 0.2) is 5.38 Å². The fourth-order valence-corrected chi connectivity index (χ4v) is 2.14. The van der Waals surface area contributed by atoms with Crippen molar-refractivity contribution >= 4 is 11.3 Å². The molecule has 0 unspecified atom stereocenters. The first-order valence-corrected chi connectivity index (χ1v) is 6.65. The summed E-state index contributed by atoms with van der Waals surface area (Å²) in [6.45, 7) is 11.9. The smallest absolute Gasteiger partial charge is 0.0982 e. The number of hydrogen-bond donors (Lipinski definition) is 1. The van der Waals surface area contributed by atoms with Crippen LogP contribution in [0.1, 0.15) is 38.4 Å². The van der Waals surface area contributed by atoms with Crippen LogP contribution in [0.5, 0.6) is 0 Å². The van der Waals surface area contributed by atoms with E-state index >= 15 is 0 Å². The highest BCUT2D eigenvalue weighted by molar-refractivity contribution is 7.09. The minimum Gasteiger partial charge on any atom is -0.380 e. The molecular weight excluding hydrogens is 220 g/mol. The van der Waals surface area contributed by atoms with Crippen molar-refractivity contribution in [2.24, 2.45) is 0 Å². The zero-order valence-corrected chi connectivity index (χ0v) is 11.5. The summed E-state index contributed by atoms with van der Waals surface area (Å²) in [7, 11) is 0. The maximum atomic E-state index is 5.25. The third-order valence-corrected chi connectivity index (χ3v) is 3.44. The van der Waals surface area contributed by atoms with Gasteiger partial charge in [0.1, 0.15) is 0 Å². The highest BCUT2D eigenvalue weighted by Crippen LogP contribution is 2.25. The second-order valence-corrected chi connectivity index (χ2v) is 5.63. The first-order chi connectivity index (χ1) is 7.54. The number of rotatable bonds is 6. The Bertz CT molecular complexity index is 304. The lowest BCUT2D eigenvalue weighted by molar-refractivity contribution is 0.149. The predicted molar refractivity (Wildman–Crippen MR) is 69.0 cm³/mol. The fraction of sp³-hybridized carbons (Fsp3) is 0.750. The Morgan fingerprint density at radius 3 is 2.75 bits per heavy atom. The second kappa shape index (κ2) is 6.33. The lowest BCUT2D eigenvalue weighted by Crippen LogP contribution is -2.19. The topological polar surface area (TPSA) is 34.1 Å². The Hall–Kier alpha value is -0.450. The van der Waals surface area contributed by atoms with E-state index in [1.807, 2.05) is 6.92 Å². The fourth-order valence-electron chi connectivity index (χ4n) is 1.24. The molecule has 0 aliphatic carbocycles. The Balaban J connectivity index is 2.30. The van der Waals surface area contributed by atoms with Gasteiger partial charge in [-0.25, -0.2) is 4.98 Å². The van der Waals surface area contributed by atoms with Crippen molar-refractivity contribution in [2.75, 3.05) is 19.8 Å². The summed E-state index contributed by atoms with van der Waals surface area (Å²) in [6.07, 6.45) is 0. The molecule has 0 aromatic carbocycles. The standard InChI is InChI=1S/C12H22N2OS/c1-5-15-7-6-13-8-10-9-16-11(14-10)12(2,3)4/h9,13H,5-8H2,1-4H3. The summed E-state index contributed by atoms with van der Waals surface area (Å²) < 4.78 is 5.25. The maximum absolute atomic E-state index is 5.25. The number of nitrogens with one attached hydrogen (secondary N) is 1. The molecule has 0 saturated carbocycles. The van der Waals surface area contributed by atoms with Crippen molar-refractivity contribution < 1.29 is 4.74 Å². The van der Waals surface area contributed by atoms with Gasteiger partial charge in [0.05, 0.1) is 17.3 Å². The van der Waals surface area contributed by atoms with Crippen LogP contribution in [0.2, 0.25) is 0 Å². The van der Waals surface area contributed by atoms with Gasteiger partial charge in [0, 0.05) is 30.5 Å². The summed E-state index contributed by atoms with van der Waals surface area (Å²) in [5.74, 6) is 0. The van der Waals surface area contributed by atoms with Crippen LogP contribution in [0.25, 0.3) is 0 Å². The van der Waals surface area contributed by atoms with E-state index in [9.17, 15) is 0 Å². The molecule has 0 bridgehead atoms. The molecule has 1 aromatic heterocycles. The van der Waals surface area contributed by atoms with Crippen molar-refractivity contribution in [3.05, 3.63) is 16.1 Å². The molecule has 0 atom stereocenters. The first-order valence-electron chi connectivity index (χ1n) is 5.77. The third-order valence-electron chi connectivity index (χ3n) is 2.13. The van der Waals surface area contributed by atoms with Gasteiger partial charge in [0.2, 0.25) is 0 Å². The molecule has 1 aromatic rings. The van der Waals surface area contributed by atoms with Gasteiger partial charge in [-0.2, -0.15) is 0 Å². The van der Waals surface area contributed by atoms with Crippen molar-refractivity contribution in [3.8, 4) is 0 Å². The Kier molecular flexibility index (Phi) is 5.38. The van der Waals surface area contributed by atoms with E-state index in [0.717, 1.165) is 32.0 Å². The summed E-state index contributed by atoms with van der Waals surface area (Å²) in [5, 5.41) is 6.66. The minimum atomic E-state index is 0.161. The molecule has 0 radical (unpaired) electrons. The normalized spacial score (nSPS) is 12.0. The van der Waals surface area contributed by atoms with Crippen LogP contribution in [0.4, 0.5) is 0 Å². The van der Waals surface area contributed by atoms with Crippen LogP contribution >= 0.6 is 11.3 Å². The van der Waals surface area contributed by atoms with Gasteiger partial charge in [-0.3, -0.25) is 0 Å². The minimum absolute atomic E-state index is 0.161. The Labute approximate surface area is 102 Å². The quantitative estimate of drug-likeness (QED) is 0.779. The molecule has 16 heavy (non-hydrogen) atoms. The molecule has 0 aliphatic rings. The van der Waals surface area contributed by atoms with Crippen LogP contribution in [-0.2, 0) is 16.7 Å². The molecule has 0 saturated heterocycles. The Morgan fingerprint density at radius 2 is 2.19 bits per heavy atom. The highest BCUT2D eigenvalue weighted by Gasteiger charge is 2.17. The van der Waals surface area contributed by atoms with E-state index in [4.69, 9.17) is 4.74 Å². The van der Waals surface area contributed by atoms with Gasteiger partial charge < -0.3 is 10.1 Å². The van der Waals surface area contributed by atoms with Gasteiger partial charge in [-0.15, -0.1) is 11.3 Å². The van der Waals surface area contributed by atoms with Gasteiger partial charge >= 0.3 is 0 Å². The molecule has 3 nitrogen and oxygen atoms in total. The third kappa shape index (κ3) is 4.60. The number of ether oxygens (including phenoxy) is 1. The van der Waals surface area contributed by atoms with Crippen LogP contribution < -0.4 is 5.32 Å². The molecule has 0 aliphatic heterocycles. The van der Waals surface area contributed by atoms with E-state index in [0.29, 0.717) is 0 Å². The summed E-state index contributed by atoms with van der Waals surface area (Å²) in [4.78, 5) is 4.61. The molecule has 0 spiro atoms. The lowest BCUT2D eigenvalue weighted by atomic mass is 9.98. The van der Waals surface area contributed by atoms with E-state index < -0.39 is 0 Å². The zero-order valence-electron chi connectivity index (χ0n) is 10.7. The molecule has 1 N–H and O–H groups in total. The average molecular weight is 242 g/mol. The van der Waals surface area contributed by atoms with Gasteiger partial charge in [0.15, 0.2) is 0 Å². The van der Waals surface area contributed by atoms with E-state index in [1.165, 1.54) is 5.01 Å². The van der Waals surface area contributed by atoms with Crippen molar-refractivity contribution in [2.45, 2.75) is 39.7 Å². The summed E-state index contributed by atoms with van der Waals surface area (Å²) in [6, 6.07) is 0. The molecule has 1 rings (SSSR count). The van der Waals surface area contributed by atoms with Gasteiger partial charge in [-0.05, 0) is 6.92 Å². The summed E-state index contributed by atoms with van der Waals surface area (Å²) >= 11 is 1.74. The van der Waals surface area contributed by atoms with E-state index in [-0.39, 0.29) is 5.41 Å². The van der Waals surface area contributed by atoms with Crippen LogP contribution in [-0.4, -0.2) is 24.7 Å². The number of aromatic nitrogens is 1. The second-order valence-electron chi connectivity index (χ2n) is 4.77. The molecule has 4 heteroatoms. The van der Waals surface area contributed by atoms with Gasteiger partial charge in [0.25, 0.3) is 0 Å². The van der Waals surface area contributed by atoms with Crippen molar-refractivity contribution in [1.82, 2.24) is 10.3 Å². The van der Waals surface area contributed by atoms with Crippen molar-refractivity contribution in [1.29, 1.82) is 0 Å². The van der Waals surface area contributed by atoms with Crippen molar-refractivity contribution in [3.63, 3.8) is 0 Å². The average Bonchev–Trinajstić information content (AvgIpc) is 2.65. The van der Waals surface area contributed by atoms with E-state index in [2.05, 4.69) is 36.5 Å². The van der Waals surface area contributed by atoms with E-state index in [1.54, 1.807) is 11.3 Å². The van der Waals surface area contributed by atoms with Crippen LogP contribution in [0.3, 0.4) is 0 Å². The molecular formula is C12H22N2OS. The number of hydrogen-bond acceptors (Lipinski definition) is 4. The molecule has 0 fully saturated rings. The lowest BCUT2D eigenvalue weighted by Gasteiger charge is -2.13. The molecule has 92 valence electrons. The first kappa shape index (κ1) is 13.6.